The van der Waals surface area contributed by atoms with E-state index in [2.05, 4.69) is 10.3 Å². The average molecular weight is 276 g/mol. The van der Waals surface area contributed by atoms with Gasteiger partial charge in [-0.15, -0.1) is 11.8 Å². The predicted octanol–water partition coefficient (Wildman–Crippen LogP) is 3.59. The fourth-order valence-corrected chi connectivity index (χ4v) is 2.27. The maximum atomic E-state index is 12.8. The number of carbonyl (C=O) groups excluding carboxylic acids is 1. The number of nitrogens with zero attached hydrogens (tertiary/aromatic N) is 1. The van der Waals surface area contributed by atoms with Gasteiger partial charge in [-0.25, -0.2) is 9.37 Å². The molecule has 3 nitrogen and oxygen atoms in total. The molecular formula is C14H13FN2OS. The number of nitrogens with one attached hydrogen (secondary N) is 1. The van der Waals surface area contributed by atoms with Crippen molar-refractivity contribution in [3.05, 3.63) is 54.0 Å². The Labute approximate surface area is 115 Å². The van der Waals surface area contributed by atoms with Crippen molar-refractivity contribution in [2.75, 3.05) is 11.1 Å². The molecule has 5 heteroatoms. The van der Waals surface area contributed by atoms with Crippen molar-refractivity contribution in [2.45, 2.75) is 11.9 Å². The van der Waals surface area contributed by atoms with E-state index >= 15 is 0 Å². The first-order valence-corrected chi connectivity index (χ1v) is 6.84. The molecule has 0 spiro atoms. The highest BCUT2D eigenvalue weighted by Gasteiger charge is 2.12. The summed E-state index contributed by atoms with van der Waals surface area (Å²) in [5.41, 5.74) is 1.08. The summed E-state index contributed by atoms with van der Waals surface area (Å²) in [5.74, 6) is 0.269. The van der Waals surface area contributed by atoms with Gasteiger partial charge in [0.2, 0.25) is 0 Å². The third kappa shape index (κ3) is 3.54. The van der Waals surface area contributed by atoms with Crippen LogP contribution in [0.25, 0.3) is 0 Å². The smallest absolute Gasteiger partial charge is 0.258 e. The first-order chi connectivity index (χ1) is 9.20. The molecule has 0 bridgehead atoms. The maximum Gasteiger partial charge on any atom is 0.258 e. The van der Waals surface area contributed by atoms with Gasteiger partial charge in [0, 0.05) is 11.9 Å². The summed E-state index contributed by atoms with van der Waals surface area (Å²) in [6.45, 7) is 2.00. The summed E-state index contributed by atoms with van der Waals surface area (Å²) in [5, 5.41) is 3.42. The number of carbonyl (C=O) groups is 1. The molecule has 98 valence electrons. The molecule has 19 heavy (non-hydrogen) atoms. The van der Waals surface area contributed by atoms with E-state index in [1.165, 1.54) is 36.0 Å². The van der Waals surface area contributed by atoms with E-state index in [0.717, 1.165) is 5.75 Å². The predicted molar refractivity (Wildman–Crippen MR) is 75.0 cm³/mol. The van der Waals surface area contributed by atoms with Gasteiger partial charge in [-0.2, -0.15) is 0 Å². The maximum absolute atomic E-state index is 12.8. The van der Waals surface area contributed by atoms with Crippen LogP contribution in [0, 0.1) is 5.82 Å². The Hall–Kier alpha value is -1.88. The lowest BCUT2D eigenvalue weighted by atomic mass is 10.2. The Morgan fingerprint density at radius 1 is 1.32 bits per heavy atom. The first kappa shape index (κ1) is 13.5. The third-order valence-electron chi connectivity index (χ3n) is 2.40. The summed E-state index contributed by atoms with van der Waals surface area (Å²) in [4.78, 5) is 16.3. The average Bonchev–Trinajstić information content (AvgIpc) is 2.42. The number of aromatic nitrogens is 1. The summed E-state index contributed by atoms with van der Waals surface area (Å²) in [6.07, 6.45) is 1.66. The Morgan fingerprint density at radius 3 is 2.74 bits per heavy atom. The fourth-order valence-electron chi connectivity index (χ4n) is 1.55. The minimum absolute atomic E-state index is 0.240. The summed E-state index contributed by atoms with van der Waals surface area (Å²) < 4.78 is 12.8. The Bertz CT molecular complexity index is 572. The van der Waals surface area contributed by atoms with Crippen LogP contribution in [0.4, 0.5) is 10.1 Å². The molecule has 0 atom stereocenters. The second-order valence-corrected chi connectivity index (χ2v) is 5.00. The normalized spacial score (nSPS) is 10.2. The van der Waals surface area contributed by atoms with Crippen LogP contribution in [-0.2, 0) is 0 Å². The lowest BCUT2D eigenvalue weighted by Gasteiger charge is -2.08. The van der Waals surface area contributed by atoms with E-state index in [4.69, 9.17) is 0 Å². The topological polar surface area (TPSA) is 42.0 Å². The fraction of sp³-hybridized carbons (Fsp3) is 0.143. The standard InChI is InChI=1S/C14H13FN2OS/c1-2-19-14-12(4-3-9-16-14)13(18)17-11-7-5-10(15)6-8-11/h3-9H,2H2,1H3,(H,17,18). The van der Waals surface area contributed by atoms with Gasteiger partial charge >= 0.3 is 0 Å². The highest BCUT2D eigenvalue weighted by Crippen LogP contribution is 2.20. The largest absolute Gasteiger partial charge is 0.322 e. The monoisotopic (exact) mass is 276 g/mol. The molecule has 0 radical (unpaired) electrons. The van der Waals surface area contributed by atoms with Gasteiger partial charge in [0.1, 0.15) is 10.8 Å². The van der Waals surface area contributed by atoms with Crippen molar-refractivity contribution >= 4 is 23.4 Å². The molecule has 0 fully saturated rings. The van der Waals surface area contributed by atoms with Gasteiger partial charge in [0.15, 0.2) is 0 Å². The number of amides is 1. The number of rotatable bonds is 4. The van der Waals surface area contributed by atoms with Crippen LogP contribution in [-0.4, -0.2) is 16.6 Å². The number of halogens is 1. The van der Waals surface area contributed by atoms with Gasteiger partial charge in [0.05, 0.1) is 5.56 Å². The van der Waals surface area contributed by atoms with Crippen LogP contribution in [0.5, 0.6) is 0 Å². The molecule has 0 aliphatic carbocycles. The molecule has 0 aliphatic heterocycles. The second-order valence-electron chi connectivity index (χ2n) is 3.75. The molecule has 1 aromatic heterocycles. The van der Waals surface area contributed by atoms with Gasteiger partial charge in [-0.1, -0.05) is 6.92 Å². The number of pyridine rings is 1. The zero-order chi connectivity index (χ0) is 13.7. The second kappa shape index (κ2) is 6.33. The SMILES string of the molecule is CCSc1ncccc1C(=O)Nc1ccc(F)cc1. The zero-order valence-corrected chi connectivity index (χ0v) is 11.2. The molecular weight excluding hydrogens is 263 g/mol. The van der Waals surface area contributed by atoms with Crippen LogP contribution in [0.2, 0.25) is 0 Å². The van der Waals surface area contributed by atoms with Gasteiger partial charge in [0.25, 0.3) is 5.91 Å². The quantitative estimate of drug-likeness (QED) is 0.868. The van der Waals surface area contributed by atoms with E-state index in [-0.39, 0.29) is 11.7 Å². The van der Waals surface area contributed by atoms with Crippen molar-refractivity contribution in [3.63, 3.8) is 0 Å². The number of hydrogen-bond acceptors (Lipinski definition) is 3. The van der Waals surface area contributed by atoms with Crippen LogP contribution < -0.4 is 5.32 Å². The lowest BCUT2D eigenvalue weighted by Crippen LogP contribution is -2.13. The summed E-state index contributed by atoms with van der Waals surface area (Å²) in [7, 11) is 0. The lowest BCUT2D eigenvalue weighted by molar-refractivity contribution is 0.102. The van der Waals surface area contributed by atoms with E-state index in [0.29, 0.717) is 16.3 Å². The molecule has 1 N–H and O–H groups in total. The Morgan fingerprint density at radius 2 is 2.05 bits per heavy atom. The van der Waals surface area contributed by atoms with Crippen LogP contribution >= 0.6 is 11.8 Å². The molecule has 2 aromatic rings. The molecule has 1 aromatic carbocycles. The minimum Gasteiger partial charge on any atom is -0.322 e. The Kier molecular flexibility index (Phi) is 4.52. The summed E-state index contributed by atoms with van der Waals surface area (Å²) >= 11 is 1.51. The molecule has 0 saturated carbocycles. The highest BCUT2D eigenvalue weighted by atomic mass is 32.2. The van der Waals surface area contributed by atoms with E-state index in [1.807, 2.05) is 6.92 Å². The Balaban J connectivity index is 2.18. The molecule has 1 heterocycles. The van der Waals surface area contributed by atoms with E-state index in [1.54, 1.807) is 18.3 Å². The van der Waals surface area contributed by atoms with Crippen LogP contribution in [0.3, 0.4) is 0 Å². The number of hydrogen-bond donors (Lipinski definition) is 1. The third-order valence-corrected chi connectivity index (χ3v) is 3.29. The zero-order valence-electron chi connectivity index (χ0n) is 10.4. The molecule has 0 aliphatic rings. The van der Waals surface area contributed by atoms with Crippen molar-refractivity contribution in [2.24, 2.45) is 0 Å². The minimum atomic E-state index is -0.332. The first-order valence-electron chi connectivity index (χ1n) is 5.85. The molecule has 1 amide bonds. The van der Waals surface area contributed by atoms with Gasteiger partial charge in [-0.3, -0.25) is 4.79 Å². The number of thioether (sulfide) groups is 1. The van der Waals surface area contributed by atoms with Gasteiger partial charge < -0.3 is 5.32 Å². The van der Waals surface area contributed by atoms with Crippen molar-refractivity contribution in [1.29, 1.82) is 0 Å². The highest BCUT2D eigenvalue weighted by molar-refractivity contribution is 7.99. The molecule has 2 rings (SSSR count). The van der Waals surface area contributed by atoms with Crippen LogP contribution in [0.1, 0.15) is 17.3 Å². The summed E-state index contributed by atoms with van der Waals surface area (Å²) in [6, 6.07) is 9.11. The van der Waals surface area contributed by atoms with Crippen LogP contribution in [0.15, 0.2) is 47.6 Å². The van der Waals surface area contributed by atoms with Crippen molar-refractivity contribution in [3.8, 4) is 0 Å². The van der Waals surface area contributed by atoms with Gasteiger partial charge in [-0.05, 0) is 42.2 Å². The number of anilines is 1. The van der Waals surface area contributed by atoms with E-state index < -0.39 is 0 Å². The van der Waals surface area contributed by atoms with Crippen molar-refractivity contribution in [1.82, 2.24) is 4.98 Å². The molecule has 0 saturated heterocycles. The number of benzene rings is 1. The van der Waals surface area contributed by atoms with Crippen molar-refractivity contribution < 1.29 is 9.18 Å². The van der Waals surface area contributed by atoms with E-state index in [9.17, 15) is 9.18 Å². The molecule has 0 unspecified atom stereocenters.